The van der Waals surface area contributed by atoms with E-state index < -0.39 is 43.2 Å². The molecule has 1 aromatic heterocycles. The number of carbonyl (C=O) groups excluding carboxylic acids is 4. The van der Waals surface area contributed by atoms with Crippen LogP contribution in [-0.2, 0) is 28.7 Å². The van der Waals surface area contributed by atoms with Crippen LogP contribution in [0.5, 0.6) is 5.88 Å². The second-order valence-corrected chi connectivity index (χ2v) is 11.7. The molecule has 2 aliphatic rings. The predicted octanol–water partition coefficient (Wildman–Crippen LogP) is 1.59. The molecule has 0 spiro atoms. The van der Waals surface area contributed by atoms with Gasteiger partial charge in [0.15, 0.2) is 9.74 Å². The standard InChI is InChI=1S/C23H28N4O7S2/c1-21(13-24)12-23(36-17(29)11-33-5)20(31)26(3)22(2,35-16(28)10-32-4)19(30)27(23)18(21)14-7-8-15(34-6)25-9-14/h7-9,18H,10-12H2,1-6H3/t18?,21-,22+,23+/m1/s1. The molecule has 11 nitrogen and oxygen atoms in total. The van der Waals surface area contributed by atoms with E-state index in [2.05, 4.69) is 11.1 Å². The summed E-state index contributed by atoms with van der Waals surface area (Å²) >= 11 is 1.34. The molecule has 3 heterocycles. The van der Waals surface area contributed by atoms with Crippen LogP contribution in [0.4, 0.5) is 0 Å². The van der Waals surface area contributed by atoms with E-state index in [0.717, 1.165) is 0 Å². The van der Waals surface area contributed by atoms with Crippen LogP contribution in [0, 0.1) is 16.7 Å². The van der Waals surface area contributed by atoms with E-state index in [9.17, 15) is 24.4 Å². The SMILES string of the molecule is COCC(=O)S[C@@]1(C)C(=O)N2C(c3ccc(OC)nc3)[C@@](C)(C#N)C[C@]2(SC(=O)COC)C(=O)N1C. The number of thioether (sulfide) groups is 2. The first-order valence-corrected chi connectivity index (χ1v) is 12.5. The summed E-state index contributed by atoms with van der Waals surface area (Å²) in [5, 5.41) is 9.36. The van der Waals surface area contributed by atoms with E-state index in [4.69, 9.17) is 14.2 Å². The molecule has 0 N–H and O–H groups in total. The number of nitrogens with zero attached hydrogens (tertiary/aromatic N) is 4. The van der Waals surface area contributed by atoms with Crippen molar-refractivity contribution >= 4 is 45.6 Å². The molecular formula is C23H28N4O7S2. The number of methoxy groups -OCH3 is 3. The van der Waals surface area contributed by atoms with Crippen molar-refractivity contribution in [2.45, 2.75) is 36.1 Å². The van der Waals surface area contributed by atoms with Crippen LogP contribution >= 0.6 is 23.5 Å². The number of ether oxygens (including phenoxy) is 3. The predicted molar refractivity (Wildman–Crippen MR) is 132 cm³/mol. The van der Waals surface area contributed by atoms with Gasteiger partial charge in [0.2, 0.25) is 16.1 Å². The maximum atomic E-state index is 14.3. The molecule has 3 rings (SSSR count). The number of rotatable bonds is 8. The summed E-state index contributed by atoms with van der Waals surface area (Å²) in [6, 6.07) is 4.60. The smallest absolute Gasteiger partial charge is 0.261 e. The van der Waals surface area contributed by atoms with Crippen LogP contribution in [0.1, 0.15) is 31.9 Å². The highest BCUT2D eigenvalue weighted by atomic mass is 32.2. The molecule has 0 radical (unpaired) electrons. The average Bonchev–Trinajstić information content (AvgIpc) is 3.11. The van der Waals surface area contributed by atoms with Crippen molar-refractivity contribution in [3.63, 3.8) is 0 Å². The quantitative estimate of drug-likeness (QED) is 0.478. The van der Waals surface area contributed by atoms with Crippen molar-refractivity contribution in [1.29, 1.82) is 5.26 Å². The Kier molecular flexibility index (Phi) is 8.04. The van der Waals surface area contributed by atoms with E-state index in [-0.39, 0.29) is 19.6 Å². The molecule has 2 amide bonds. The van der Waals surface area contributed by atoms with Gasteiger partial charge >= 0.3 is 0 Å². The Bertz CT molecular complexity index is 1110. The summed E-state index contributed by atoms with van der Waals surface area (Å²) in [4.78, 5) is 57.0. The minimum absolute atomic E-state index is 0.116. The molecule has 0 bridgehead atoms. The zero-order valence-corrected chi connectivity index (χ0v) is 22.5. The van der Waals surface area contributed by atoms with E-state index >= 15 is 0 Å². The Balaban J connectivity index is 2.24. The highest BCUT2D eigenvalue weighted by molar-refractivity contribution is 8.16. The van der Waals surface area contributed by atoms with Gasteiger partial charge in [-0.3, -0.25) is 19.2 Å². The number of carbonyl (C=O) groups is 4. The number of amides is 2. The number of fused-ring (bicyclic) bond motifs is 1. The molecule has 194 valence electrons. The fourth-order valence-corrected chi connectivity index (χ4v) is 7.16. The third-order valence-corrected chi connectivity index (χ3v) is 8.80. The van der Waals surface area contributed by atoms with Crippen LogP contribution in [0.25, 0.3) is 0 Å². The second kappa shape index (κ2) is 10.4. The van der Waals surface area contributed by atoms with Crippen LogP contribution < -0.4 is 4.74 Å². The molecule has 1 aromatic rings. The summed E-state index contributed by atoms with van der Waals surface area (Å²) in [6.07, 6.45) is 1.36. The van der Waals surface area contributed by atoms with Crippen molar-refractivity contribution in [1.82, 2.24) is 14.8 Å². The highest BCUT2D eigenvalue weighted by Gasteiger charge is 2.71. The second-order valence-electron chi connectivity index (χ2n) is 8.86. The van der Waals surface area contributed by atoms with Crippen LogP contribution in [0.15, 0.2) is 18.3 Å². The van der Waals surface area contributed by atoms with Gasteiger partial charge in [-0.2, -0.15) is 5.26 Å². The van der Waals surface area contributed by atoms with Crippen molar-refractivity contribution in [3.05, 3.63) is 23.9 Å². The lowest BCUT2D eigenvalue weighted by Crippen LogP contribution is -2.71. The Hall–Kier alpha value is -2.66. The number of hydrogen-bond donors (Lipinski definition) is 0. The Morgan fingerprint density at radius 1 is 1.11 bits per heavy atom. The zero-order valence-electron chi connectivity index (χ0n) is 20.9. The molecule has 36 heavy (non-hydrogen) atoms. The number of piperazine rings is 1. The van der Waals surface area contributed by atoms with Crippen molar-refractivity contribution in [2.75, 3.05) is 41.6 Å². The van der Waals surface area contributed by atoms with Crippen LogP contribution in [-0.4, -0.2) is 88.2 Å². The fourth-order valence-electron chi connectivity index (χ4n) is 4.69. The number of hydrogen-bond acceptors (Lipinski definition) is 11. The highest BCUT2D eigenvalue weighted by Crippen LogP contribution is 2.62. The number of pyridine rings is 1. The molecule has 0 saturated carbocycles. The number of nitriles is 1. The minimum Gasteiger partial charge on any atom is -0.481 e. The monoisotopic (exact) mass is 536 g/mol. The lowest BCUT2D eigenvalue weighted by atomic mass is 9.80. The number of likely N-dealkylation sites (N-methyl/N-ethyl adjacent to an activating group) is 1. The first kappa shape index (κ1) is 27.9. The third kappa shape index (κ3) is 4.47. The maximum absolute atomic E-state index is 14.3. The molecular weight excluding hydrogens is 508 g/mol. The van der Waals surface area contributed by atoms with Crippen LogP contribution in [0.3, 0.4) is 0 Å². The van der Waals surface area contributed by atoms with Gasteiger partial charge in [-0.1, -0.05) is 0 Å². The van der Waals surface area contributed by atoms with Gasteiger partial charge in [0, 0.05) is 40.0 Å². The van der Waals surface area contributed by atoms with Gasteiger partial charge in [-0.25, -0.2) is 4.98 Å². The van der Waals surface area contributed by atoms with E-state index in [1.165, 1.54) is 51.3 Å². The van der Waals surface area contributed by atoms with Gasteiger partial charge in [0.05, 0.1) is 24.6 Å². The Morgan fingerprint density at radius 2 is 1.72 bits per heavy atom. The largest absolute Gasteiger partial charge is 0.481 e. The summed E-state index contributed by atoms with van der Waals surface area (Å²) < 4.78 is 15.0. The summed E-state index contributed by atoms with van der Waals surface area (Å²) in [7, 11) is 5.58. The van der Waals surface area contributed by atoms with Gasteiger partial charge in [-0.15, -0.1) is 0 Å². The van der Waals surface area contributed by atoms with E-state index in [1.807, 2.05) is 0 Å². The summed E-state index contributed by atoms with van der Waals surface area (Å²) in [5.74, 6) is -0.823. The first-order valence-electron chi connectivity index (χ1n) is 10.9. The maximum Gasteiger partial charge on any atom is 0.261 e. The number of aromatic nitrogens is 1. The zero-order chi connectivity index (χ0) is 26.9. The molecule has 2 fully saturated rings. The van der Waals surface area contributed by atoms with Crippen molar-refractivity contribution < 1.29 is 33.4 Å². The fraction of sp³-hybridized carbons (Fsp3) is 0.565. The molecule has 0 aliphatic carbocycles. The average molecular weight is 537 g/mol. The molecule has 0 aromatic carbocycles. The molecule has 2 saturated heterocycles. The molecule has 2 aliphatic heterocycles. The lowest BCUT2D eigenvalue weighted by molar-refractivity contribution is -0.163. The van der Waals surface area contributed by atoms with Gasteiger partial charge in [0.1, 0.15) is 13.2 Å². The molecule has 4 atom stereocenters. The first-order chi connectivity index (χ1) is 16.9. The minimum atomic E-state index is -1.72. The molecule has 1 unspecified atom stereocenters. The normalized spacial score (nSPS) is 29.6. The van der Waals surface area contributed by atoms with E-state index in [0.29, 0.717) is 35.0 Å². The van der Waals surface area contributed by atoms with Crippen LogP contribution in [0.2, 0.25) is 0 Å². The molecule has 13 heteroatoms. The Labute approximate surface area is 217 Å². The summed E-state index contributed by atoms with van der Waals surface area (Å²) in [5.41, 5.74) is -0.780. The van der Waals surface area contributed by atoms with Crippen molar-refractivity contribution in [2.24, 2.45) is 5.41 Å². The van der Waals surface area contributed by atoms with Crippen molar-refractivity contribution in [3.8, 4) is 11.9 Å². The van der Waals surface area contributed by atoms with E-state index in [1.54, 1.807) is 19.1 Å². The lowest BCUT2D eigenvalue weighted by Gasteiger charge is -2.52. The summed E-state index contributed by atoms with van der Waals surface area (Å²) in [6.45, 7) is 2.57. The third-order valence-electron chi connectivity index (χ3n) is 6.41. The van der Waals surface area contributed by atoms with Gasteiger partial charge in [-0.05, 0) is 49.0 Å². The van der Waals surface area contributed by atoms with Gasteiger partial charge < -0.3 is 24.0 Å². The van der Waals surface area contributed by atoms with Gasteiger partial charge in [0.25, 0.3) is 11.8 Å². The Morgan fingerprint density at radius 3 is 2.22 bits per heavy atom. The topological polar surface area (TPSA) is 139 Å².